The molecule has 0 spiro atoms. The lowest BCUT2D eigenvalue weighted by atomic mass is 10.5. The third-order valence-corrected chi connectivity index (χ3v) is 0.673. The van der Waals surface area contributed by atoms with Gasteiger partial charge < -0.3 is 10.6 Å². The molecular weight excluding hydrogens is 161 g/mol. The van der Waals surface area contributed by atoms with Crippen molar-refractivity contribution < 1.29 is 18.0 Å². The van der Waals surface area contributed by atoms with Crippen molar-refractivity contribution in [3.05, 3.63) is 0 Å². The lowest BCUT2D eigenvalue weighted by Crippen LogP contribution is -2.14. The summed E-state index contributed by atoms with van der Waals surface area (Å²) in [6.07, 6.45) is -2.70. The minimum absolute atomic E-state index is 0.346. The fourth-order valence-corrected chi connectivity index (χ4v) is 0.290. The van der Waals surface area contributed by atoms with Crippen molar-refractivity contribution in [2.45, 2.75) is 12.6 Å². The van der Waals surface area contributed by atoms with E-state index >= 15 is 0 Å². The van der Waals surface area contributed by atoms with Crippen LogP contribution in [0.25, 0.3) is 0 Å². The van der Waals surface area contributed by atoms with Gasteiger partial charge in [-0.05, 0) is 13.0 Å². The highest BCUT2D eigenvalue weighted by atomic mass is 19.4. The van der Waals surface area contributed by atoms with Gasteiger partial charge >= 0.3 is 6.18 Å². The topological polar surface area (TPSA) is 47.6 Å². The molecule has 3 nitrogen and oxygen atoms in total. The average Bonchev–Trinajstić information content (AvgIpc) is 1.85. The molecule has 0 aromatic carbocycles. The van der Waals surface area contributed by atoms with Gasteiger partial charge in [0.2, 0.25) is 6.61 Å². The summed E-state index contributed by atoms with van der Waals surface area (Å²) in [7, 11) is 0. The van der Waals surface area contributed by atoms with E-state index in [0.29, 0.717) is 13.0 Å². The first-order valence-corrected chi connectivity index (χ1v) is 2.97. The molecule has 0 atom stereocenters. The molecule has 0 heterocycles. The molecule has 0 aliphatic carbocycles. The van der Waals surface area contributed by atoms with Crippen molar-refractivity contribution in [2.24, 2.45) is 10.9 Å². The maximum absolute atomic E-state index is 11.3. The van der Waals surface area contributed by atoms with Crippen LogP contribution < -0.4 is 5.73 Å². The summed E-state index contributed by atoms with van der Waals surface area (Å²) in [6.45, 7) is -1.01. The second kappa shape index (κ2) is 4.95. The zero-order valence-corrected chi connectivity index (χ0v) is 5.77. The highest BCUT2D eigenvalue weighted by molar-refractivity contribution is 5.56. The molecule has 0 radical (unpaired) electrons. The Kier molecular flexibility index (Phi) is 4.60. The number of nitrogens with two attached hydrogens (primary N) is 1. The third kappa shape index (κ3) is 9.22. The summed E-state index contributed by atoms with van der Waals surface area (Å²) in [5, 5.41) is 3.02. The molecule has 0 saturated carbocycles. The highest BCUT2D eigenvalue weighted by Crippen LogP contribution is 2.14. The number of halogens is 3. The van der Waals surface area contributed by atoms with Crippen LogP contribution >= 0.6 is 0 Å². The van der Waals surface area contributed by atoms with Crippen molar-refractivity contribution in [2.75, 3.05) is 13.2 Å². The van der Waals surface area contributed by atoms with E-state index in [-0.39, 0.29) is 0 Å². The van der Waals surface area contributed by atoms with Gasteiger partial charge in [0.05, 0.1) is 0 Å². The Hall–Kier alpha value is -0.780. The van der Waals surface area contributed by atoms with Gasteiger partial charge in [0.1, 0.15) is 0 Å². The van der Waals surface area contributed by atoms with Gasteiger partial charge in [0.25, 0.3) is 0 Å². The molecule has 0 aromatic heterocycles. The fourth-order valence-electron chi connectivity index (χ4n) is 0.290. The second-order valence-electron chi connectivity index (χ2n) is 1.75. The summed E-state index contributed by atoms with van der Waals surface area (Å²) in [6, 6.07) is 0. The maximum atomic E-state index is 11.3. The van der Waals surface area contributed by atoms with Gasteiger partial charge in [0.15, 0.2) is 0 Å². The molecule has 0 fully saturated rings. The SMILES string of the molecule is NCCC=NOCC(F)(F)F. The van der Waals surface area contributed by atoms with Crippen LogP contribution in [0, 0.1) is 0 Å². The van der Waals surface area contributed by atoms with E-state index in [0.717, 1.165) is 0 Å². The van der Waals surface area contributed by atoms with Crippen LogP contribution in [-0.2, 0) is 4.84 Å². The summed E-state index contributed by atoms with van der Waals surface area (Å²) in [4.78, 5) is 3.89. The molecule has 0 aliphatic rings. The normalized spacial score (nSPS) is 12.4. The van der Waals surface area contributed by atoms with E-state index in [2.05, 4.69) is 9.99 Å². The van der Waals surface area contributed by atoms with Crippen molar-refractivity contribution >= 4 is 6.21 Å². The number of oxime groups is 1. The Morgan fingerprint density at radius 2 is 2.09 bits per heavy atom. The van der Waals surface area contributed by atoms with Crippen LogP contribution in [0.3, 0.4) is 0 Å². The number of hydrogen-bond donors (Lipinski definition) is 1. The first-order chi connectivity index (χ1) is 5.06. The predicted octanol–water partition coefficient (Wildman–Crippen LogP) is 0.900. The summed E-state index contributed by atoms with van der Waals surface area (Å²) < 4.78 is 34.0. The smallest absolute Gasteiger partial charge is 0.386 e. The molecule has 0 bridgehead atoms. The molecule has 0 amide bonds. The zero-order valence-electron chi connectivity index (χ0n) is 5.77. The number of nitrogens with zero attached hydrogens (tertiary/aromatic N) is 1. The largest absolute Gasteiger partial charge is 0.425 e. The number of rotatable bonds is 4. The summed E-state index contributed by atoms with van der Waals surface area (Å²) in [5.41, 5.74) is 5.03. The van der Waals surface area contributed by atoms with Crippen LogP contribution in [0.2, 0.25) is 0 Å². The average molecular weight is 170 g/mol. The Balaban J connectivity index is 3.27. The summed E-state index contributed by atoms with van der Waals surface area (Å²) in [5.74, 6) is 0. The Morgan fingerprint density at radius 3 is 2.55 bits per heavy atom. The lowest BCUT2D eigenvalue weighted by Gasteiger charge is -2.02. The van der Waals surface area contributed by atoms with Gasteiger partial charge in [-0.2, -0.15) is 13.2 Å². The van der Waals surface area contributed by atoms with E-state index < -0.39 is 12.8 Å². The fraction of sp³-hybridized carbons (Fsp3) is 0.800. The van der Waals surface area contributed by atoms with Gasteiger partial charge in [-0.25, -0.2) is 0 Å². The number of alkyl halides is 3. The van der Waals surface area contributed by atoms with Crippen LogP contribution in [0.1, 0.15) is 6.42 Å². The van der Waals surface area contributed by atoms with Crippen molar-refractivity contribution in [1.82, 2.24) is 0 Å². The maximum Gasteiger partial charge on any atom is 0.425 e. The van der Waals surface area contributed by atoms with E-state index in [1.165, 1.54) is 6.21 Å². The molecular formula is C5H9F3N2O. The molecule has 0 unspecified atom stereocenters. The number of hydrogen-bond acceptors (Lipinski definition) is 3. The molecule has 2 N–H and O–H groups in total. The van der Waals surface area contributed by atoms with Gasteiger partial charge in [-0.15, -0.1) is 0 Å². The zero-order chi connectivity index (χ0) is 8.74. The van der Waals surface area contributed by atoms with Crippen LogP contribution in [0.4, 0.5) is 13.2 Å². The van der Waals surface area contributed by atoms with Crippen molar-refractivity contribution in [3.63, 3.8) is 0 Å². The van der Waals surface area contributed by atoms with E-state index in [1.807, 2.05) is 0 Å². The lowest BCUT2D eigenvalue weighted by molar-refractivity contribution is -0.173. The highest BCUT2D eigenvalue weighted by Gasteiger charge is 2.28. The van der Waals surface area contributed by atoms with Crippen molar-refractivity contribution in [1.29, 1.82) is 0 Å². The molecule has 0 rings (SSSR count). The molecule has 66 valence electrons. The second-order valence-corrected chi connectivity index (χ2v) is 1.75. The molecule has 0 aromatic rings. The van der Waals surface area contributed by atoms with E-state index in [4.69, 9.17) is 5.73 Å². The van der Waals surface area contributed by atoms with Crippen LogP contribution in [0.15, 0.2) is 5.16 Å². The van der Waals surface area contributed by atoms with Crippen LogP contribution in [0.5, 0.6) is 0 Å². The monoisotopic (exact) mass is 170 g/mol. The Morgan fingerprint density at radius 1 is 1.45 bits per heavy atom. The van der Waals surface area contributed by atoms with Gasteiger partial charge in [-0.3, -0.25) is 0 Å². The third-order valence-electron chi connectivity index (χ3n) is 0.673. The predicted molar refractivity (Wildman–Crippen MR) is 34.2 cm³/mol. The molecule has 0 saturated heterocycles. The van der Waals surface area contributed by atoms with E-state index in [1.54, 1.807) is 0 Å². The minimum Gasteiger partial charge on any atom is -0.386 e. The van der Waals surface area contributed by atoms with Gasteiger partial charge in [-0.1, -0.05) is 5.16 Å². The quantitative estimate of drug-likeness (QED) is 0.503. The molecule has 11 heavy (non-hydrogen) atoms. The van der Waals surface area contributed by atoms with E-state index in [9.17, 15) is 13.2 Å². The van der Waals surface area contributed by atoms with Crippen molar-refractivity contribution in [3.8, 4) is 0 Å². The molecule has 0 aliphatic heterocycles. The summed E-state index contributed by atoms with van der Waals surface area (Å²) >= 11 is 0. The Labute approximate surface area is 62.0 Å². The molecule has 6 heteroatoms. The van der Waals surface area contributed by atoms with Gasteiger partial charge in [0, 0.05) is 6.21 Å². The Bertz CT molecular complexity index is 123. The minimum atomic E-state index is -4.32. The van der Waals surface area contributed by atoms with Crippen LogP contribution in [-0.4, -0.2) is 25.5 Å². The first kappa shape index (κ1) is 10.2. The first-order valence-electron chi connectivity index (χ1n) is 2.97. The standard InChI is InChI=1S/C5H9F3N2O/c6-5(7,8)4-11-10-3-1-2-9/h3H,1-2,4,9H2.